The summed E-state index contributed by atoms with van der Waals surface area (Å²) in [5.41, 5.74) is 0.771. The maximum absolute atomic E-state index is 11.9. The lowest BCUT2D eigenvalue weighted by molar-refractivity contribution is -0.127. The maximum Gasteiger partial charge on any atom is 0.263 e. The van der Waals surface area contributed by atoms with Crippen molar-refractivity contribution in [1.82, 2.24) is 15.2 Å². The molecule has 1 N–H and O–H groups in total. The fraction of sp³-hybridized carbons (Fsp3) is 0.583. The number of nitrogens with one attached hydrogen (secondary N) is 1. The van der Waals surface area contributed by atoms with Gasteiger partial charge >= 0.3 is 0 Å². The SMILES string of the molecule is Cc1nc(C)c(C(=O)NCCN2CCCC2=O)s1. The number of nitrogens with zero attached hydrogens (tertiary/aromatic N) is 2. The molecule has 0 bridgehead atoms. The molecule has 98 valence electrons. The minimum atomic E-state index is -0.0928. The van der Waals surface area contributed by atoms with E-state index in [1.807, 2.05) is 13.8 Å². The van der Waals surface area contributed by atoms with Gasteiger partial charge in [-0.15, -0.1) is 11.3 Å². The minimum Gasteiger partial charge on any atom is -0.350 e. The van der Waals surface area contributed by atoms with Gasteiger partial charge < -0.3 is 10.2 Å². The lowest BCUT2D eigenvalue weighted by Gasteiger charge is -2.15. The lowest BCUT2D eigenvalue weighted by Crippen LogP contribution is -2.35. The maximum atomic E-state index is 11.9. The summed E-state index contributed by atoms with van der Waals surface area (Å²) in [4.78, 5) is 30.0. The largest absolute Gasteiger partial charge is 0.350 e. The molecule has 2 heterocycles. The van der Waals surface area contributed by atoms with E-state index in [1.54, 1.807) is 4.90 Å². The Hall–Kier alpha value is -1.43. The molecular weight excluding hydrogens is 250 g/mol. The smallest absolute Gasteiger partial charge is 0.263 e. The first kappa shape index (κ1) is 13.0. The minimum absolute atomic E-state index is 0.0928. The Balaban J connectivity index is 1.81. The van der Waals surface area contributed by atoms with Crippen LogP contribution in [0.5, 0.6) is 0 Å². The van der Waals surface area contributed by atoms with Crippen LogP contribution in [-0.4, -0.2) is 41.3 Å². The van der Waals surface area contributed by atoms with Gasteiger partial charge in [0.1, 0.15) is 4.88 Å². The Morgan fingerprint density at radius 3 is 2.83 bits per heavy atom. The van der Waals surface area contributed by atoms with E-state index in [0.29, 0.717) is 24.4 Å². The van der Waals surface area contributed by atoms with Crippen LogP contribution in [0.3, 0.4) is 0 Å². The quantitative estimate of drug-likeness (QED) is 0.889. The number of carbonyl (C=O) groups is 2. The van der Waals surface area contributed by atoms with Gasteiger partial charge in [-0.25, -0.2) is 4.98 Å². The molecule has 0 saturated carbocycles. The monoisotopic (exact) mass is 267 g/mol. The molecule has 18 heavy (non-hydrogen) atoms. The van der Waals surface area contributed by atoms with E-state index < -0.39 is 0 Å². The fourth-order valence-electron chi connectivity index (χ4n) is 2.07. The third-order valence-electron chi connectivity index (χ3n) is 2.95. The normalized spacial score (nSPS) is 15.2. The zero-order chi connectivity index (χ0) is 13.1. The van der Waals surface area contributed by atoms with Gasteiger partial charge in [-0.3, -0.25) is 9.59 Å². The topological polar surface area (TPSA) is 62.3 Å². The second-order valence-electron chi connectivity index (χ2n) is 4.39. The highest BCUT2D eigenvalue weighted by molar-refractivity contribution is 7.13. The molecular formula is C12H17N3O2S. The van der Waals surface area contributed by atoms with Crippen LogP contribution >= 0.6 is 11.3 Å². The molecule has 2 rings (SSSR count). The second-order valence-corrected chi connectivity index (χ2v) is 5.59. The standard InChI is InChI=1S/C12H17N3O2S/c1-8-11(18-9(2)14-8)12(17)13-5-7-15-6-3-4-10(15)16/h3-7H2,1-2H3,(H,13,17). The number of hydrogen-bond acceptors (Lipinski definition) is 4. The van der Waals surface area contributed by atoms with E-state index in [4.69, 9.17) is 0 Å². The highest BCUT2D eigenvalue weighted by Crippen LogP contribution is 2.16. The second kappa shape index (κ2) is 5.48. The highest BCUT2D eigenvalue weighted by atomic mass is 32.1. The predicted octanol–water partition coefficient (Wildman–Crippen LogP) is 1.11. The van der Waals surface area contributed by atoms with Crippen molar-refractivity contribution in [2.45, 2.75) is 26.7 Å². The van der Waals surface area contributed by atoms with E-state index >= 15 is 0 Å². The molecule has 0 radical (unpaired) electrons. The molecule has 1 aromatic heterocycles. The summed E-state index contributed by atoms with van der Waals surface area (Å²) in [5.74, 6) is 0.0961. The third-order valence-corrected chi connectivity index (χ3v) is 4.02. The Morgan fingerprint density at radius 2 is 2.28 bits per heavy atom. The number of rotatable bonds is 4. The number of amides is 2. The number of hydrogen-bond donors (Lipinski definition) is 1. The van der Waals surface area contributed by atoms with Crippen LogP contribution in [0, 0.1) is 13.8 Å². The predicted molar refractivity (Wildman–Crippen MR) is 69.7 cm³/mol. The van der Waals surface area contributed by atoms with Crippen molar-refractivity contribution in [1.29, 1.82) is 0 Å². The van der Waals surface area contributed by atoms with Crippen LogP contribution in [0.2, 0.25) is 0 Å². The van der Waals surface area contributed by atoms with Gasteiger partial charge in [-0.1, -0.05) is 0 Å². The molecule has 0 spiro atoms. The molecule has 0 unspecified atom stereocenters. The lowest BCUT2D eigenvalue weighted by atomic mass is 10.3. The summed E-state index contributed by atoms with van der Waals surface area (Å²) in [6.45, 7) is 5.63. The molecule has 5 nitrogen and oxygen atoms in total. The summed E-state index contributed by atoms with van der Waals surface area (Å²) in [7, 11) is 0. The van der Waals surface area contributed by atoms with E-state index in [2.05, 4.69) is 10.3 Å². The molecule has 1 aliphatic heterocycles. The molecule has 1 aromatic rings. The van der Waals surface area contributed by atoms with Gasteiger partial charge in [0.2, 0.25) is 5.91 Å². The summed E-state index contributed by atoms with van der Waals surface area (Å²) in [6, 6.07) is 0. The van der Waals surface area contributed by atoms with Gasteiger partial charge in [-0.2, -0.15) is 0 Å². The summed E-state index contributed by atoms with van der Waals surface area (Å²) < 4.78 is 0. The zero-order valence-corrected chi connectivity index (χ0v) is 11.5. The van der Waals surface area contributed by atoms with E-state index in [-0.39, 0.29) is 11.8 Å². The molecule has 1 aliphatic rings. The van der Waals surface area contributed by atoms with Gasteiger partial charge in [0.25, 0.3) is 5.91 Å². The van der Waals surface area contributed by atoms with Gasteiger partial charge in [-0.05, 0) is 20.3 Å². The van der Waals surface area contributed by atoms with E-state index in [9.17, 15) is 9.59 Å². The first-order valence-corrected chi connectivity index (χ1v) is 6.89. The van der Waals surface area contributed by atoms with Crippen LogP contribution < -0.4 is 5.32 Å². The average molecular weight is 267 g/mol. The van der Waals surface area contributed by atoms with Gasteiger partial charge in [0, 0.05) is 26.1 Å². The van der Waals surface area contributed by atoms with Crippen LogP contribution in [0.4, 0.5) is 0 Å². The van der Waals surface area contributed by atoms with Crippen molar-refractivity contribution >= 4 is 23.2 Å². The molecule has 6 heteroatoms. The van der Waals surface area contributed by atoms with Crippen molar-refractivity contribution in [3.05, 3.63) is 15.6 Å². The Kier molecular flexibility index (Phi) is 3.96. The van der Waals surface area contributed by atoms with Gasteiger partial charge in [0.15, 0.2) is 0 Å². The molecule has 2 amide bonds. The van der Waals surface area contributed by atoms with Crippen molar-refractivity contribution in [2.75, 3.05) is 19.6 Å². The summed E-state index contributed by atoms with van der Waals surface area (Å²) in [5, 5.41) is 3.73. The molecule has 1 fully saturated rings. The first-order chi connectivity index (χ1) is 8.58. The Labute approximate surface area is 110 Å². The van der Waals surface area contributed by atoms with Crippen LogP contribution in [0.1, 0.15) is 33.2 Å². The summed E-state index contributed by atoms with van der Waals surface area (Å²) in [6.07, 6.45) is 1.57. The molecule has 0 atom stereocenters. The van der Waals surface area contributed by atoms with Crippen LogP contribution in [-0.2, 0) is 4.79 Å². The third kappa shape index (κ3) is 2.87. The molecule has 0 aliphatic carbocycles. The van der Waals surface area contributed by atoms with Crippen LogP contribution in [0.15, 0.2) is 0 Å². The molecule has 1 saturated heterocycles. The Morgan fingerprint density at radius 1 is 1.50 bits per heavy atom. The van der Waals surface area contributed by atoms with Crippen molar-refractivity contribution in [3.8, 4) is 0 Å². The van der Waals surface area contributed by atoms with E-state index in [0.717, 1.165) is 23.7 Å². The summed E-state index contributed by atoms with van der Waals surface area (Å²) >= 11 is 1.40. The van der Waals surface area contributed by atoms with E-state index in [1.165, 1.54) is 11.3 Å². The zero-order valence-electron chi connectivity index (χ0n) is 10.7. The number of likely N-dealkylation sites (tertiary alicyclic amines) is 1. The highest BCUT2D eigenvalue weighted by Gasteiger charge is 2.20. The van der Waals surface area contributed by atoms with Crippen molar-refractivity contribution in [2.24, 2.45) is 0 Å². The number of carbonyl (C=O) groups excluding carboxylic acids is 2. The van der Waals surface area contributed by atoms with Crippen molar-refractivity contribution < 1.29 is 9.59 Å². The molecule has 0 aromatic carbocycles. The number of aromatic nitrogens is 1. The first-order valence-electron chi connectivity index (χ1n) is 6.08. The Bertz CT molecular complexity index is 470. The number of aryl methyl sites for hydroxylation is 2. The number of thiazole rings is 1. The van der Waals surface area contributed by atoms with Gasteiger partial charge in [0.05, 0.1) is 10.7 Å². The van der Waals surface area contributed by atoms with Crippen LogP contribution in [0.25, 0.3) is 0 Å². The van der Waals surface area contributed by atoms with Crippen molar-refractivity contribution in [3.63, 3.8) is 0 Å². The average Bonchev–Trinajstić information content (AvgIpc) is 2.85. The fourth-order valence-corrected chi connectivity index (χ4v) is 2.90.